The van der Waals surface area contributed by atoms with Gasteiger partial charge in [-0.3, -0.25) is 9.69 Å². The molecule has 3 heterocycles. The van der Waals surface area contributed by atoms with Gasteiger partial charge in [0.05, 0.1) is 0 Å². The van der Waals surface area contributed by atoms with E-state index < -0.39 is 6.09 Å². The van der Waals surface area contributed by atoms with Crippen molar-refractivity contribution < 1.29 is 14.7 Å². The second-order valence-electron chi connectivity index (χ2n) is 5.63. The van der Waals surface area contributed by atoms with Crippen molar-refractivity contribution in [2.24, 2.45) is 0 Å². The number of carbonyl (C=O) groups is 2. The molecule has 2 bridgehead atoms. The Morgan fingerprint density at radius 1 is 1.41 bits per heavy atom. The standard InChI is InChI=1S/C14H17BrN4O3/c15-9-1-3-16-12(5-9)17-13(20)2-4-18-7-11-6-10(18)8-19(11)14(21)22/h1,3,5,10-11H,2,4,6-8H2,(H,21,22)(H,16,17,20)/t10-,11-/m0/s1. The number of nitrogens with one attached hydrogen (secondary N) is 1. The number of amides is 2. The van der Waals surface area contributed by atoms with Gasteiger partial charge in [-0.2, -0.15) is 0 Å². The van der Waals surface area contributed by atoms with Crippen LogP contribution in [0.25, 0.3) is 0 Å². The van der Waals surface area contributed by atoms with Crippen LogP contribution in [0.2, 0.25) is 0 Å². The predicted molar refractivity (Wildman–Crippen MR) is 83.7 cm³/mol. The number of hydrogen-bond donors (Lipinski definition) is 2. The molecule has 22 heavy (non-hydrogen) atoms. The van der Waals surface area contributed by atoms with Gasteiger partial charge in [0.1, 0.15) is 5.82 Å². The van der Waals surface area contributed by atoms with E-state index in [4.69, 9.17) is 5.11 Å². The molecule has 0 aliphatic carbocycles. The number of aromatic nitrogens is 1. The normalized spacial score (nSPS) is 23.8. The number of anilines is 1. The second kappa shape index (κ2) is 6.21. The van der Waals surface area contributed by atoms with Crippen LogP contribution in [-0.4, -0.2) is 63.6 Å². The SMILES string of the molecule is O=C(CCN1C[C@@H]2C[C@H]1CN2C(=O)O)Nc1cc(Br)ccn1. The summed E-state index contributed by atoms with van der Waals surface area (Å²) < 4.78 is 0.864. The number of carbonyl (C=O) groups excluding carboxylic acids is 1. The van der Waals surface area contributed by atoms with Crippen LogP contribution in [0.4, 0.5) is 10.6 Å². The zero-order valence-electron chi connectivity index (χ0n) is 11.9. The second-order valence-corrected chi connectivity index (χ2v) is 6.55. The van der Waals surface area contributed by atoms with Gasteiger partial charge in [-0.25, -0.2) is 9.78 Å². The number of rotatable bonds is 4. The van der Waals surface area contributed by atoms with E-state index in [-0.39, 0.29) is 18.0 Å². The molecule has 7 nitrogen and oxygen atoms in total. The molecule has 0 spiro atoms. The number of halogens is 1. The molecule has 0 saturated carbocycles. The van der Waals surface area contributed by atoms with E-state index in [0.29, 0.717) is 25.3 Å². The van der Waals surface area contributed by atoms with Crippen molar-refractivity contribution in [3.63, 3.8) is 0 Å². The van der Waals surface area contributed by atoms with E-state index in [1.54, 1.807) is 18.3 Å². The Morgan fingerprint density at radius 3 is 2.86 bits per heavy atom. The van der Waals surface area contributed by atoms with Crippen molar-refractivity contribution in [2.75, 3.05) is 25.0 Å². The van der Waals surface area contributed by atoms with Crippen LogP contribution in [0.5, 0.6) is 0 Å². The van der Waals surface area contributed by atoms with Crippen LogP contribution in [0.1, 0.15) is 12.8 Å². The van der Waals surface area contributed by atoms with Crippen LogP contribution in [0, 0.1) is 0 Å². The number of hydrogen-bond acceptors (Lipinski definition) is 4. The quantitative estimate of drug-likeness (QED) is 0.842. The first kappa shape index (κ1) is 15.2. The summed E-state index contributed by atoms with van der Waals surface area (Å²) in [4.78, 5) is 30.8. The molecule has 1 aromatic heterocycles. The molecule has 2 aliphatic heterocycles. The Morgan fingerprint density at radius 2 is 2.23 bits per heavy atom. The monoisotopic (exact) mass is 368 g/mol. The third kappa shape index (κ3) is 3.22. The topological polar surface area (TPSA) is 85.8 Å². The van der Waals surface area contributed by atoms with Crippen LogP contribution in [0.3, 0.4) is 0 Å². The van der Waals surface area contributed by atoms with Gasteiger partial charge in [0, 0.05) is 48.8 Å². The van der Waals surface area contributed by atoms with Crippen molar-refractivity contribution in [1.29, 1.82) is 0 Å². The molecule has 0 aromatic carbocycles. The molecule has 118 valence electrons. The van der Waals surface area contributed by atoms with Crippen molar-refractivity contribution >= 4 is 33.7 Å². The molecule has 2 fully saturated rings. The fraction of sp³-hybridized carbons (Fsp3) is 0.500. The van der Waals surface area contributed by atoms with Gasteiger partial charge in [-0.05, 0) is 18.6 Å². The number of fused-ring (bicyclic) bond motifs is 2. The van der Waals surface area contributed by atoms with Crippen molar-refractivity contribution in [3.05, 3.63) is 22.8 Å². The lowest BCUT2D eigenvalue weighted by Crippen LogP contribution is -2.48. The third-order valence-electron chi connectivity index (χ3n) is 4.22. The van der Waals surface area contributed by atoms with Gasteiger partial charge >= 0.3 is 6.09 Å². The smallest absolute Gasteiger partial charge is 0.407 e. The average Bonchev–Trinajstić information content (AvgIpc) is 3.05. The van der Waals surface area contributed by atoms with E-state index >= 15 is 0 Å². The molecule has 2 N–H and O–H groups in total. The lowest BCUT2D eigenvalue weighted by Gasteiger charge is -2.32. The lowest BCUT2D eigenvalue weighted by molar-refractivity contribution is -0.116. The molecule has 0 unspecified atom stereocenters. The molecule has 2 saturated heterocycles. The minimum atomic E-state index is -0.842. The first-order valence-electron chi connectivity index (χ1n) is 7.18. The number of piperazine rings is 1. The maximum atomic E-state index is 12.0. The lowest BCUT2D eigenvalue weighted by atomic mass is 10.2. The summed E-state index contributed by atoms with van der Waals surface area (Å²) in [6.07, 6.45) is 2.04. The molecular formula is C14H17BrN4O3. The number of carboxylic acid groups (broad SMARTS) is 1. The molecule has 8 heteroatoms. The van der Waals surface area contributed by atoms with Crippen LogP contribution < -0.4 is 5.32 Å². The summed E-state index contributed by atoms with van der Waals surface area (Å²) in [7, 11) is 0. The average molecular weight is 369 g/mol. The van der Waals surface area contributed by atoms with Gasteiger partial charge in [0.2, 0.25) is 5.91 Å². The van der Waals surface area contributed by atoms with E-state index in [9.17, 15) is 9.59 Å². The summed E-state index contributed by atoms with van der Waals surface area (Å²) in [6.45, 7) is 1.92. The third-order valence-corrected chi connectivity index (χ3v) is 4.71. The highest BCUT2D eigenvalue weighted by molar-refractivity contribution is 9.10. The highest BCUT2D eigenvalue weighted by atomic mass is 79.9. The Hall–Kier alpha value is -1.67. The zero-order valence-corrected chi connectivity index (χ0v) is 13.5. The van der Waals surface area contributed by atoms with E-state index in [0.717, 1.165) is 17.4 Å². The Labute approximate surface area is 136 Å². The maximum Gasteiger partial charge on any atom is 0.407 e. The van der Waals surface area contributed by atoms with Crippen molar-refractivity contribution in [3.8, 4) is 0 Å². The molecule has 2 amide bonds. The van der Waals surface area contributed by atoms with Crippen molar-refractivity contribution in [1.82, 2.24) is 14.8 Å². The van der Waals surface area contributed by atoms with E-state index in [2.05, 4.69) is 31.1 Å². The molecule has 2 atom stereocenters. The summed E-state index contributed by atoms with van der Waals surface area (Å²) in [5, 5.41) is 11.8. The number of nitrogens with zero attached hydrogens (tertiary/aromatic N) is 3. The van der Waals surface area contributed by atoms with Gasteiger partial charge in [-0.1, -0.05) is 15.9 Å². The maximum absolute atomic E-state index is 12.0. The Bertz CT molecular complexity index is 597. The predicted octanol–water partition coefficient (Wildman–Crippen LogP) is 1.61. The fourth-order valence-corrected chi connectivity index (χ4v) is 3.52. The highest BCUT2D eigenvalue weighted by Gasteiger charge is 2.45. The number of likely N-dealkylation sites (tertiary alicyclic amines) is 2. The van der Waals surface area contributed by atoms with E-state index in [1.807, 2.05) is 0 Å². The molecular weight excluding hydrogens is 352 g/mol. The molecule has 2 aliphatic rings. The highest BCUT2D eigenvalue weighted by Crippen LogP contribution is 2.30. The zero-order chi connectivity index (χ0) is 15.7. The molecule has 1 aromatic rings. The minimum absolute atomic E-state index is 0.0801. The first-order chi connectivity index (χ1) is 10.5. The van der Waals surface area contributed by atoms with Gasteiger partial charge in [0.25, 0.3) is 0 Å². The van der Waals surface area contributed by atoms with Crippen LogP contribution >= 0.6 is 15.9 Å². The van der Waals surface area contributed by atoms with Crippen LogP contribution in [0.15, 0.2) is 22.8 Å². The van der Waals surface area contributed by atoms with Gasteiger partial charge < -0.3 is 15.3 Å². The number of pyridine rings is 1. The van der Waals surface area contributed by atoms with Gasteiger partial charge in [0.15, 0.2) is 0 Å². The first-order valence-corrected chi connectivity index (χ1v) is 7.97. The Kier molecular flexibility index (Phi) is 4.30. The summed E-state index contributed by atoms with van der Waals surface area (Å²) in [5.41, 5.74) is 0. The minimum Gasteiger partial charge on any atom is -0.465 e. The van der Waals surface area contributed by atoms with Crippen LogP contribution in [-0.2, 0) is 4.79 Å². The molecule has 3 rings (SSSR count). The van der Waals surface area contributed by atoms with Gasteiger partial charge in [-0.15, -0.1) is 0 Å². The Balaban J connectivity index is 1.46. The fourth-order valence-electron chi connectivity index (χ4n) is 3.18. The van der Waals surface area contributed by atoms with Crippen molar-refractivity contribution in [2.45, 2.75) is 24.9 Å². The summed E-state index contributed by atoms with van der Waals surface area (Å²) >= 11 is 3.33. The molecule has 0 radical (unpaired) electrons. The van der Waals surface area contributed by atoms with E-state index in [1.165, 1.54) is 4.90 Å². The largest absolute Gasteiger partial charge is 0.465 e. The summed E-state index contributed by atoms with van der Waals surface area (Å²) in [5.74, 6) is 0.447. The summed E-state index contributed by atoms with van der Waals surface area (Å²) in [6, 6.07) is 3.88.